The third-order valence-electron chi connectivity index (χ3n) is 1.41. The molecule has 0 spiro atoms. The Kier molecular flexibility index (Phi) is 3.46. The predicted octanol–water partition coefficient (Wildman–Crippen LogP) is -0.912. The lowest BCUT2D eigenvalue weighted by atomic mass is 10.2. The molecule has 0 saturated heterocycles. The lowest BCUT2D eigenvalue weighted by Crippen LogP contribution is -2.37. The van der Waals surface area contributed by atoms with Crippen LogP contribution in [-0.2, 0) is 19.3 Å². The van der Waals surface area contributed by atoms with E-state index in [0.29, 0.717) is 0 Å². The maximum atomic E-state index is 11.0. The number of carbonyl (C=O) groups is 1. The van der Waals surface area contributed by atoms with Gasteiger partial charge in [0.2, 0.25) is 0 Å². The van der Waals surface area contributed by atoms with Crippen molar-refractivity contribution in [1.29, 1.82) is 0 Å². The molecule has 1 aliphatic heterocycles. The highest BCUT2D eigenvalue weighted by Crippen LogP contribution is 2.00. The molecule has 0 aromatic heterocycles. The van der Waals surface area contributed by atoms with Gasteiger partial charge < -0.3 is 5.11 Å². The zero-order chi connectivity index (χ0) is 10.6. The van der Waals surface area contributed by atoms with E-state index in [1.165, 1.54) is 0 Å². The number of hydrogen-bond donors (Lipinski definition) is 2. The summed E-state index contributed by atoms with van der Waals surface area (Å²) in [6.07, 6.45) is -0.105. The number of nitrogens with one attached hydrogen (secondary N) is 1. The van der Waals surface area contributed by atoms with Crippen LogP contribution in [0.5, 0.6) is 0 Å². The average molecular weight is 219 g/mol. The van der Waals surface area contributed by atoms with Crippen molar-refractivity contribution >= 4 is 16.3 Å². The molecule has 0 amide bonds. The van der Waals surface area contributed by atoms with Gasteiger partial charge in [-0.3, -0.25) is 8.98 Å². The molecule has 6 nitrogen and oxygen atoms in total. The van der Waals surface area contributed by atoms with Crippen LogP contribution in [0.2, 0.25) is 0 Å². The Labute approximate surface area is 81.5 Å². The van der Waals surface area contributed by atoms with E-state index in [2.05, 4.69) is 16.0 Å². The first-order valence-electron chi connectivity index (χ1n) is 3.86. The predicted molar refractivity (Wildman–Crippen MR) is 46.4 cm³/mol. The molecule has 14 heavy (non-hydrogen) atoms. The van der Waals surface area contributed by atoms with Crippen LogP contribution in [-0.4, -0.2) is 32.1 Å². The molecular formula is C7H9NO5S. The Morgan fingerprint density at radius 1 is 1.64 bits per heavy atom. The fourth-order valence-corrected chi connectivity index (χ4v) is 1.76. The summed E-state index contributed by atoms with van der Waals surface area (Å²) in [6, 6.07) is -0.919. The summed E-state index contributed by atoms with van der Waals surface area (Å²) in [5.74, 6) is 4.00. The monoisotopic (exact) mass is 219 g/mol. The first kappa shape index (κ1) is 11.0. The Morgan fingerprint density at radius 2 is 2.36 bits per heavy atom. The summed E-state index contributed by atoms with van der Waals surface area (Å²) >= 11 is 0. The van der Waals surface area contributed by atoms with Gasteiger partial charge >= 0.3 is 16.3 Å². The van der Waals surface area contributed by atoms with Crippen LogP contribution in [0.4, 0.5) is 0 Å². The Morgan fingerprint density at radius 3 is 3.00 bits per heavy atom. The molecule has 1 aliphatic rings. The quantitative estimate of drug-likeness (QED) is 0.586. The van der Waals surface area contributed by atoms with Gasteiger partial charge in [0.15, 0.2) is 0 Å². The van der Waals surface area contributed by atoms with Crippen molar-refractivity contribution in [2.75, 3.05) is 6.61 Å². The number of rotatable bonds is 2. The van der Waals surface area contributed by atoms with E-state index >= 15 is 0 Å². The molecule has 0 unspecified atom stereocenters. The summed E-state index contributed by atoms with van der Waals surface area (Å²) < 4.78 is 28.5. The molecular weight excluding hydrogens is 210 g/mol. The number of carboxylic acids is 1. The Hall–Kier alpha value is -1.10. The molecule has 0 bridgehead atoms. The Bertz CT molecular complexity index is 377. The van der Waals surface area contributed by atoms with Crippen molar-refractivity contribution in [2.45, 2.75) is 18.9 Å². The van der Waals surface area contributed by atoms with Gasteiger partial charge in [-0.2, -0.15) is 13.1 Å². The molecule has 2 N–H and O–H groups in total. The van der Waals surface area contributed by atoms with E-state index in [1.54, 1.807) is 0 Å². The highest BCUT2D eigenvalue weighted by atomic mass is 32.2. The summed E-state index contributed by atoms with van der Waals surface area (Å²) in [7, 11) is -3.85. The van der Waals surface area contributed by atoms with Crippen molar-refractivity contribution in [3.63, 3.8) is 0 Å². The number of hydrogen-bond acceptors (Lipinski definition) is 4. The van der Waals surface area contributed by atoms with Gasteiger partial charge in [-0.05, 0) is 0 Å². The normalized spacial score (nSPS) is 25.3. The van der Waals surface area contributed by atoms with E-state index < -0.39 is 22.3 Å². The van der Waals surface area contributed by atoms with Gasteiger partial charge in [0.25, 0.3) is 0 Å². The Balaban J connectivity index is 2.76. The summed E-state index contributed by atoms with van der Waals surface area (Å²) in [5, 5.41) is 8.45. The van der Waals surface area contributed by atoms with Crippen LogP contribution in [0.3, 0.4) is 0 Å². The minimum atomic E-state index is -3.85. The smallest absolute Gasteiger partial charge is 0.336 e. The van der Waals surface area contributed by atoms with Crippen LogP contribution >= 0.6 is 0 Å². The standard InChI is InChI=1S/C7H9NO5S/c9-7(10)5-6-3-1-2-4-13-14(11,12)8-6/h6,8H,2,4-5H2,(H,9,10)/t6-/m1/s1. The zero-order valence-electron chi connectivity index (χ0n) is 7.19. The van der Waals surface area contributed by atoms with Crippen LogP contribution in [0.25, 0.3) is 0 Å². The zero-order valence-corrected chi connectivity index (χ0v) is 8.00. The van der Waals surface area contributed by atoms with E-state index in [4.69, 9.17) is 5.11 Å². The fourth-order valence-electron chi connectivity index (χ4n) is 0.903. The number of carboxylic acid groups (broad SMARTS) is 1. The topological polar surface area (TPSA) is 92.7 Å². The highest BCUT2D eigenvalue weighted by molar-refractivity contribution is 7.84. The second-order valence-corrected chi connectivity index (χ2v) is 4.00. The van der Waals surface area contributed by atoms with E-state index in [9.17, 15) is 13.2 Å². The molecule has 0 saturated carbocycles. The lowest BCUT2D eigenvalue weighted by Gasteiger charge is -2.12. The molecule has 0 aliphatic carbocycles. The fraction of sp³-hybridized carbons (Fsp3) is 0.571. The largest absolute Gasteiger partial charge is 0.481 e. The van der Waals surface area contributed by atoms with Crippen LogP contribution in [0.1, 0.15) is 12.8 Å². The molecule has 1 rings (SSSR count). The molecule has 7 heteroatoms. The van der Waals surface area contributed by atoms with Crippen molar-refractivity contribution in [1.82, 2.24) is 4.72 Å². The van der Waals surface area contributed by atoms with E-state index in [0.717, 1.165) is 0 Å². The third-order valence-corrected chi connectivity index (χ3v) is 2.46. The molecule has 0 aromatic carbocycles. The molecule has 0 fully saturated rings. The first-order chi connectivity index (χ1) is 6.49. The van der Waals surface area contributed by atoms with Crippen molar-refractivity contribution < 1.29 is 22.5 Å². The molecule has 1 atom stereocenters. The highest BCUT2D eigenvalue weighted by Gasteiger charge is 2.20. The van der Waals surface area contributed by atoms with Gasteiger partial charge in [0.05, 0.1) is 19.1 Å². The number of aliphatic carboxylic acids is 1. The first-order valence-corrected chi connectivity index (χ1v) is 5.27. The molecule has 1 heterocycles. The average Bonchev–Trinajstić information content (AvgIpc) is 1.98. The minimum Gasteiger partial charge on any atom is -0.481 e. The summed E-state index contributed by atoms with van der Waals surface area (Å²) in [6.45, 7) is -0.0118. The van der Waals surface area contributed by atoms with Crippen molar-refractivity contribution in [3.8, 4) is 11.8 Å². The second-order valence-electron chi connectivity index (χ2n) is 2.62. The molecule has 0 radical (unpaired) electrons. The van der Waals surface area contributed by atoms with E-state index in [-0.39, 0.29) is 19.4 Å². The summed E-state index contributed by atoms with van der Waals surface area (Å²) in [5.41, 5.74) is 0. The lowest BCUT2D eigenvalue weighted by molar-refractivity contribution is -0.137. The van der Waals surface area contributed by atoms with Gasteiger partial charge in [0, 0.05) is 6.42 Å². The SMILES string of the molecule is O=C(O)C[C@H]1C#CCCOS(=O)(=O)N1. The van der Waals surface area contributed by atoms with Gasteiger partial charge in [0.1, 0.15) is 0 Å². The van der Waals surface area contributed by atoms with E-state index in [1.807, 2.05) is 4.72 Å². The molecule has 78 valence electrons. The second kappa shape index (κ2) is 4.41. The van der Waals surface area contributed by atoms with Gasteiger partial charge in [-0.25, -0.2) is 0 Å². The minimum absolute atomic E-state index is 0.0118. The molecule has 0 aromatic rings. The van der Waals surface area contributed by atoms with Gasteiger partial charge in [-0.1, -0.05) is 11.8 Å². The van der Waals surface area contributed by atoms with Crippen molar-refractivity contribution in [2.24, 2.45) is 0 Å². The van der Waals surface area contributed by atoms with Crippen LogP contribution in [0, 0.1) is 11.8 Å². The van der Waals surface area contributed by atoms with Crippen LogP contribution < -0.4 is 4.72 Å². The maximum absolute atomic E-state index is 11.0. The van der Waals surface area contributed by atoms with Crippen molar-refractivity contribution in [3.05, 3.63) is 0 Å². The van der Waals surface area contributed by atoms with Crippen LogP contribution in [0.15, 0.2) is 0 Å². The summed E-state index contributed by atoms with van der Waals surface area (Å²) in [4.78, 5) is 10.3. The maximum Gasteiger partial charge on any atom is 0.336 e. The third kappa shape index (κ3) is 3.74. The van der Waals surface area contributed by atoms with Gasteiger partial charge in [-0.15, -0.1) is 0 Å².